The van der Waals surface area contributed by atoms with E-state index in [1.54, 1.807) is 11.3 Å². The van der Waals surface area contributed by atoms with Gasteiger partial charge in [-0.2, -0.15) is 0 Å². The number of aliphatic carboxylic acids is 1. The Labute approximate surface area is 128 Å². The molecule has 7 heteroatoms. The van der Waals surface area contributed by atoms with Crippen molar-refractivity contribution in [1.29, 1.82) is 0 Å². The van der Waals surface area contributed by atoms with Gasteiger partial charge in [0.2, 0.25) is 0 Å². The van der Waals surface area contributed by atoms with Gasteiger partial charge < -0.3 is 15.7 Å². The van der Waals surface area contributed by atoms with Crippen LogP contribution in [-0.2, 0) is 11.2 Å². The van der Waals surface area contributed by atoms with Gasteiger partial charge in [0.15, 0.2) is 0 Å². The molecule has 2 amide bonds. The highest BCUT2D eigenvalue weighted by molar-refractivity contribution is 7.09. The molecule has 1 fully saturated rings. The molecule has 0 aliphatic heterocycles. The molecule has 1 saturated carbocycles. The first-order chi connectivity index (χ1) is 10.1. The normalized spacial score (nSPS) is 21.8. The lowest BCUT2D eigenvalue weighted by atomic mass is 9.84. The van der Waals surface area contributed by atoms with Crippen LogP contribution in [0.3, 0.4) is 0 Å². The second-order valence-corrected chi connectivity index (χ2v) is 6.41. The van der Waals surface area contributed by atoms with Crippen molar-refractivity contribution < 1.29 is 14.7 Å². The Morgan fingerprint density at radius 3 is 2.86 bits per heavy atom. The van der Waals surface area contributed by atoms with Crippen LogP contribution < -0.4 is 10.6 Å². The van der Waals surface area contributed by atoms with Gasteiger partial charge in [-0.25, -0.2) is 9.78 Å². The molecule has 0 bridgehead atoms. The standard InChI is InChI=1S/C14H21N3O3S/c1-9-16-10(8-21-9)6-7-15-14(20)17-12-5-3-2-4-11(12)13(18)19/h8,11-12H,2-7H2,1H3,(H,18,19)(H2,15,17,20). The van der Waals surface area contributed by atoms with Gasteiger partial charge in [0.25, 0.3) is 0 Å². The number of hydrogen-bond acceptors (Lipinski definition) is 4. The number of thiazole rings is 1. The zero-order chi connectivity index (χ0) is 15.2. The van der Waals surface area contributed by atoms with Gasteiger partial charge in [0, 0.05) is 24.4 Å². The van der Waals surface area contributed by atoms with Crippen molar-refractivity contribution in [3.63, 3.8) is 0 Å². The largest absolute Gasteiger partial charge is 0.481 e. The van der Waals surface area contributed by atoms with E-state index in [1.165, 1.54) is 0 Å². The van der Waals surface area contributed by atoms with Crippen molar-refractivity contribution in [3.8, 4) is 0 Å². The Morgan fingerprint density at radius 2 is 2.19 bits per heavy atom. The molecule has 0 radical (unpaired) electrons. The van der Waals surface area contributed by atoms with Crippen LogP contribution in [0.4, 0.5) is 4.79 Å². The lowest BCUT2D eigenvalue weighted by Crippen LogP contribution is -2.49. The van der Waals surface area contributed by atoms with E-state index >= 15 is 0 Å². The molecule has 1 aliphatic carbocycles. The van der Waals surface area contributed by atoms with Crippen LogP contribution in [0.25, 0.3) is 0 Å². The van der Waals surface area contributed by atoms with Crippen molar-refractivity contribution in [2.24, 2.45) is 5.92 Å². The van der Waals surface area contributed by atoms with Crippen molar-refractivity contribution in [2.45, 2.75) is 45.1 Å². The molecule has 1 aliphatic rings. The third kappa shape index (κ3) is 4.70. The third-order valence-electron chi connectivity index (χ3n) is 3.73. The quantitative estimate of drug-likeness (QED) is 0.775. The van der Waals surface area contributed by atoms with Gasteiger partial charge >= 0.3 is 12.0 Å². The average molecular weight is 311 g/mol. The summed E-state index contributed by atoms with van der Waals surface area (Å²) in [5.41, 5.74) is 0.971. The maximum absolute atomic E-state index is 11.8. The van der Waals surface area contributed by atoms with E-state index < -0.39 is 11.9 Å². The number of amides is 2. The third-order valence-corrected chi connectivity index (χ3v) is 4.56. The number of aryl methyl sites for hydroxylation is 1. The summed E-state index contributed by atoms with van der Waals surface area (Å²) in [6.07, 6.45) is 3.94. The summed E-state index contributed by atoms with van der Waals surface area (Å²) >= 11 is 1.59. The van der Waals surface area contributed by atoms with Crippen molar-refractivity contribution in [2.75, 3.05) is 6.54 Å². The number of carbonyl (C=O) groups is 2. The highest BCUT2D eigenvalue weighted by Gasteiger charge is 2.31. The molecule has 2 atom stereocenters. The van der Waals surface area contributed by atoms with Crippen LogP contribution in [0.2, 0.25) is 0 Å². The highest BCUT2D eigenvalue weighted by Crippen LogP contribution is 2.24. The Bertz CT molecular complexity index is 503. The Morgan fingerprint density at radius 1 is 1.43 bits per heavy atom. The smallest absolute Gasteiger partial charge is 0.315 e. The second-order valence-electron chi connectivity index (χ2n) is 5.34. The van der Waals surface area contributed by atoms with E-state index in [0.717, 1.165) is 30.0 Å². The summed E-state index contributed by atoms with van der Waals surface area (Å²) in [5.74, 6) is -1.29. The van der Waals surface area contributed by atoms with Crippen LogP contribution in [0.5, 0.6) is 0 Å². The van der Waals surface area contributed by atoms with Gasteiger partial charge in [0.05, 0.1) is 16.6 Å². The number of rotatable bonds is 5. The van der Waals surface area contributed by atoms with Gasteiger partial charge in [-0.1, -0.05) is 12.8 Å². The molecule has 6 nitrogen and oxygen atoms in total. The molecule has 116 valence electrons. The van der Waals surface area contributed by atoms with Crippen LogP contribution in [0.15, 0.2) is 5.38 Å². The van der Waals surface area contributed by atoms with Crippen molar-refractivity contribution >= 4 is 23.3 Å². The molecule has 1 aromatic rings. The van der Waals surface area contributed by atoms with Crippen LogP contribution >= 0.6 is 11.3 Å². The van der Waals surface area contributed by atoms with Gasteiger partial charge in [-0.15, -0.1) is 11.3 Å². The molecule has 0 spiro atoms. The fourth-order valence-electron chi connectivity index (χ4n) is 2.65. The zero-order valence-corrected chi connectivity index (χ0v) is 12.9. The number of nitrogens with zero attached hydrogens (tertiary/aromatic N) is 1. The van der Waals surface area contributed by atoms with E-state index in [2.05, 4.69) is 15.6 Å². The fraction of sp³-hybridized carbons (Fsp3) is 0.643. The van der Waals surface area contributed by atoms with E-state index in [0.29, 0.717) is 19.4 Å². The summed E-state index contributed by atoms with van der Waals surface area (Å²) in [7, 11) is 0. The molecule has 21 heavy (non-hydrogen) atoms. The minimum Gasteiger partial charge on any atom is -0.481 e. The number of carboxylic acids is 1. The minimum absolute atomic E-state index is 0.266. The SMILES string of the molecule is Cc1nc(CCNC(=O)NC2CCCCC2C(=O)O)cs1. The topological polar surface area (TPSA) is 91.3 Å². The van der Waals surface area contributed by atoms with Crippen LogP contribution in [0, 0.1) is 12.8 Å². The lowest BCUT2D eigenvalue weighted by molar-refractivity contribution is -0.143. The van der Waals surface area contributed by atoms with Crippen molar-refractivity contribution in [1.82, 2.24) is 15.6 Å². The molecular formula is C14H21N3O3S. The Balaban J connectivity index is 1.74. The molecule has 2 unspecified atom stereocenters. The van der Waals surface area contributed by atoms with Gasteiger partial charge in [0.1, 0.15) is 0 Å². The summed E-state index contributed by atoms with van der Waals surface area (Å²) < 4.78 is 0. The number of hydrogen-bond donors (Lipinski definition) is 3. The van der Waals surface area contributed by atoms with Gasteiger partial charge in [-0.3, -0.25) is 4.79 Å². The molecule has 1 aromatic heterocycles. The number of carbonyl (C=O) groups excluding carboxylic acids is 1. The first-order valence-corrected chi connectivity index (χ1v) is 8.12. The predicted molar refractivity (Wildman–Crippen MR) is 80.5 cm³/mol. The molecular weight excluding hydrogens is 290 g/mol. The lowest BCUT2D eigenvalue weighted by Gasteiger charge is -2.29. The van der Waals surface area contributed by atoms with Gasteiger partial charge in [-0.05, 0) is 19.8 Å². The summed E-state index contributed by atoms with van der Waals surface area (Å²) in [6.45, 7) is 2.45. The monoisotopic (exact) mass is 311 g/mol. The van der Waals surface area contributed by atoms with E-state index in [-0.39, 0.29) is 12.1 Å². The predicted octanol–water partition coefficient (Wildman–Crippen LogP) is 1.94. The molecule has 0 aromatic carbocycles. The maximum atomic E-state index is 11.8. The number of nitrogens with one attached hydrogen (secondary N) is 2. The molecule has 1 heterocycles. The first kappa shape index (κ1) is 15.8. The van der Waals surface area contributed by atoms with Crippen molar-refractivity contribution in [3.05, 3.63) is 16.1 Å². The van der Waals surface area contributed by atoms with E-state index in [1.807, 2.05) is 12.3 Å². The molecule has 0 saturated heterocycles. The second kappa shape index (κ2) is 7.40. The van der Waals surface area contributed by atoms with Crippen LogP contribution in [-0.4, -0.2) is 34.7 Å². The zero-order valence-electron chi connectivity index (χ0n) is 12.1. The summed E-state index contributed by atoms with van der Waals surface area (Å²) in [6, 6.07) is -0.558. The number of aromatic nitrogens is 1. The summed E-state index contributed by atoms with van der Waals surface area (Å²) in [5, 5.41) is 17.7. The van der Waals surface area contributed by atoms with Crippen LogP contribution in [0.1, 0.15) is 36.4 Å². The Kier molecular flexibility index (Phi) is 5.55. The number of carboxylic acid groups (broad SMARTS) is 1. The Hall–Kier alpha value is -1.63. The number of urea groups is 1. The molecule has 2 rings (SSSR count). The minimum atomic E-state index is -0.821. The highest BCUT2D eigenvalue weighted by atomic mass is 32.1. The average Bonchev–Trinajstić information content (AvgIpc) is 2.85. The first-order valence-electron chi connectivity index (χ1n) is 7.24. The maximum Gasteiger partial charge on any atom is 0.315 e. The van der Waals surface area contributed by atoms with E-state index in [4.69, 9.17) is 5.11 Å². The summed E-state index contributed by atoms with van der Waals surface area (Å²) in [4.78, 5) is 27.3. The fourth-order valence-corrected chi connectivity index (χ4v) is 3.29. The van der Waals surface area contributed by atoms with E-state index in [9.17, 15) is 9.59 Å². The molecule has 3 N–H and O–H groups in total.